The fourth-order valence-electron chi connectivity index (χ4n) is 2.64. The van der Waals surface area contributed by atoms with E-state index in [0.717, 1.165) is 31.8 Å². The van der Waals surface area contributed by atoms with Crippen molar-refractivity contribution in [3.8, 4) is 0 Å². The average Bonchev–Trinajstić information content (AvgIpc) is 2.49. The smallest absolute Gasteiger partial charge is 0.170 e. The van der Waals surface area contributed by atoms with Crippen molar-refractivity contribution in [1.29, 1.82) is 0 Å². The van der Waals surface area contributed by atoms with Crippen LogP contribution in [-0.4, -0.2) is 42.7 Å². The van der Waals surface area contributed by atoms with Crippen LogP contribution in [0.5, 0.6) is 0 Å². The molecule has 1 fully saturated rings. The lowest BCUT2D eigenvalue weighted by molar-refractivity contribution is 0.0968. The molecule has 5 heteroatoms. The molecule has 1 aliphatic rings. The fourth-order valence-corrected chi connectivity index (χ4v) is 2.64. The molecule has 1 aliphatic heterocycles. The topological polar surface area (TPSA) is 71.1 Å². The molecule has 0 aromatic heterocycles. The molecule has 0 atom stereocenters. The molecule has 1 aromatic carbocycles. The predicted octanol–water partition coefficient (Wildman–Crippen LogP) is 1.64. The van der Waals surface area contributed by atoms with Crippen LogP contribution in [0.1, 0.15) is 24.0 Å². The SMILES string of the molecule is COCC1CCN(Cc2ccc(C(N)=NO)cc2)CC1. The van der Waals surface area contributed by atoms with Crippen LogP contribution in [0.15, 0.2) is 29.4 Å². The zero-order chi connectivity index (χ0) is 14.4. The van der Waals surface area contributed by atoms with Crippen molar-refractivity contribution in [2.45, 2.75) is 19.4 Å². The van der Waals surface area contributed by atoms with E-state index in [2.05, 4.69) is 10.1 Å². The molecule has 1 aromatic rings. The Hall–Kier alpha value is -1.59. The zero-order valence-corrected chi connectivity index (χ0v) is 12.0. The Bertz CT molecular complexity index is 437. The Labute approximate surface area is 120 Å². The first kappa shape index (κ1) is 14.8. The molecule has 5 nitrogen and oxygen atoms in total. The van der Waals surface area contributed by atoms with Crippen molar-refractivity contribution < 1.29 is 9.94 Å². The van der Waals surface area contributed by atoms with E-state index in [1.807, 2.05) is 24.3 Å². The highest BCUT2D eigenvalue weighted by atomic mass is 16.5. The van der Waals surface area contributed by atoms with Crippen LogP contribution >= 0.6 is 0 Å². The van der Waals surface area contributed by atoms with Gasteiger partial charge < -0.3 is 15.7 Å². The first-order valence-electron chi connectivity index (χ1n) is 7.01. The maximum Gasteiger partial charge on any atom is 0.170 e. The Morgan fingerprint density at radius 2 is 2.00 bits per heavy atom. The number of nitrogens with two attached hydrogens (primary N) is 1. The Kier molecular flexibility index (Phi) is 5.38. The number of hydrogen-bond acceptors (Lipinski definition) is 4. The summed E-state index contributed by atoms with van der Waals surface area (Å²) in [7, 11) is 1.77. The van der Waals surface area contributed by atoms with Gasteiger partial charge in [-0.15, -0.1) is 0 Å². The Morgan fingerprint density at radius 3 is 2.55 bits per heavy atom. The molecule has 0 radical (unpaired) electrons. The van der Waals surface area contributed by atoms with Crippen molar-refractivity contribution in [3.63, 3.8) is 0 Å². The molecule has 2 rings (SSSR count). The second-order valence-corrected chi connectivity index (χ2v) is 5.36. The lowest BCUT2D eigenvalue weighted by atomic mass is 9.97. The molecule has 1 saturated heterocycles. The van der Waals surface area contributed by atoms with Gasteiger partial charge >= 0.3 is 0 Å². The minimum atomic E-state index is 0.150. The highest BCUT2D eigenvalue weighted by Crippen LogP contribution is 2.19. The van der Waals surface area contributed by atoms with Crippen LogP contribution in [0.2, 0.25) is 0 Å². The molecule has 1 heterocycles. The van der Waals surface area contributed by atoms with Crippen molar-refractivity contribution in [2.24, 2.45) is 16.8 Å². The second-order valence-electron chi connectivity index (χ2n) is 5.36. The summed E-state index contributed by atoms with van der Waals surface area (Å²) in [4.78, 5) is 2.46. The zero-order valence-electron chi connectivity index (χ0n) is 12.0. The number of methoxy groups -OCH3 is 1. The van der Waals surface area contributed by atoms with Crippen molar-refractivity contribution >= 4 is 5.84 Å². The highest BCUT2D eigenvalue weighted by Gasteiger charge is 2.18. The molecular formula is C15H23N3O2. The van der Waals surface area contributed by atoms with Gasteiger partial charge in [-0.1, -0.05) is 29.4 Å². The van der Waals surface area contributed by atoms with E-state index in [4.69, 9.17) is 15.7 Å². The first-order valence-corrected chi connectivity index (χ1v) is 7.01. The number of ether oxygens (including phenoxy) is 1. The highest BCUT2D eigenvalue weighted by molar-refractivity contribution is 5.96. The standard InChI is InChI=1S/C15H23N3O2/c1-20-11-13-6-8-18(9-7-13)10-12-2-4-14(5-3-12)15(16)17-19/h2-5,13,19H,6-11H2,1H3,(H2,16,17). The van der Waals surface area contributed by atoms with Crippen LogP contribution < -0.4 is 5.73 Å². The van der Waals surface area contributed by atoms with Gasteiger partial charge in [-0.05, 0) is 37.4 Å². The summed E-state index contributed by atoms with van der Waals surface area (Å²) in [6.45, 7) is 4.07. The second kappa shape index (κ2) is 7.26. The third kappa shape index (κ3) is 3.95. The summed E-state index contributed by atoms with van der Waals surface area (Å²) >= 11 is 0. The maximum atomic E-state index is 8.63. The lowest BCUT2D eigenvalue weighted by Crippen LogP contribution is -2.34. The summed E-state index contributed by atoms with van der Waals surface area (Å²) in [5.74, 6) is 0.858. The van der Waals surface area contributed by atoms with Crippen LogP contribution in [0.3, 0.4) is 0 Å². The van der Waals surface area contributed by atoms with Gasteiger partial charge in [-0.25, -0.2) is 0 Å². The first-order chi connectivity index (χ1) is 9.72. The minimum Gasteiger partial charge on any atom is -0.409 e. The molecule has 3 N–H and O–H groups in total. The maximum absolute atomic E-state index is 8.63. The normalized spacial score (nSPS) is 18.4. The molecule has 0 saturated carbocycles. The fraction of sp³-hybridized carbons (Fsp3) is 0.533. The van der Waals surface area contributed by atoms with E-state index >= 15 is 0 Å². The van der Waals surface area contributed by atoms with E-state index in [0.29, 0.717) is 5.92 Å². The molecule has 20 heavy (non-hydrogen) atoms. The number of benzene rings is 1. The third-order valence-corrected chi connectivity index (χ3v) is 3.87. The van der Waals surface area contributed by atoms with Crippen LogP contribution in [0, 0.1) is 5.92 Å². The summed E-state index contributed by atoms with van der Waals surface area (Å²) < 4.78 is 5.22. The summed E-state index contributed by atoms with van der Waals surface area (Å²) in [5.41, 5.74) is 7.55. The van der Waals surface area contributed by atoms with E-state index in [9.17, 15) is 0 Å². The number of likely N-dealkylation sites (tertiary alicyclic amines) is 1. The van der Waals surface area contributed by atoms with E-state index in [1.54, 1.807) is 7.11 Å². The third-order valence-electron chi connectivity index (χ3n) is 3.87. The van der Waals surface area contributed by atoms with Gasteiger partial charge in [0.05, 0.1) is 0 Å². The van der Waals surface area contributed by atoms with Crippen molar-refractivity contribution in [2.75, 3.05) is 26.8 Å². The lowest BCUT2D eigenvalue weighted by Gasteiger charge is -2.31. The summed E-state index contributed by atoms with van der Waals surface area (Å²) in [6.07, 6.45) is 2.41. The number of oxime groups is 1. The monoisotopic (exact) mass is 277 g/mol. The van der Waals surface area contributed by atoms with E-state index < -0.39 is 0 Å². The van der Waals surface area contributed by atoms with Crippen LogP contribution in [0.4, 0.5) is 0 Å². The molecular weight excluding hydrogens is 254 g/mol. The average molecular weight is 277 g/mol. The summed E-state index contributed by atoms with van der Waals surface area (Å²) in [6, 6.07) is 7.85. The predicted molar refractivity (Wildman–Crippen MR) is 78.8 cm³/mol. The van der Waals surface area contributed by atoms with Crippen LogP contribution in [-0.2, 0) is 11.3 Å². The number of amidine groups is 1. The minimum absolute atomic E-state index is 0.150. The van der Waals surface area contributed by atoms with Crippen molar-refractivity contribution in [1.82, 2.24) is 4.90 Å². The quantitative estimate of drug-likeness (QED) is 0.371. The molecule has 0 unspecified atom stereocenters. The van der Waals surface area contributed by atoms with E-state index in [-0.39, 0.29) is 5.84 Å². The molecule has 0 aliphatic carbocycles. The largest absolute Gasteiger partial charge is 0.409 e. The summed E-state index contributed by atoms with van der Waals surface area (Å²) in [5, 5.41) is 11.6. The number of hydrogen-bond donors (Lipinski definition) is 2. The van der Waals surface area contributed by atoms with Crippen molar-refractivity contribution in [3.05, 3.63) is 35.4 Å². The van der Waals surface area contributed by atoms with Gasteiger partial charge in [-0.2, -0.15) is 0 Å². The molecule has 0 spiro atoms. The van der Waals surface area contributed by atoms with Crippen LogP contribution in [0.25, 0.3) is 0 Å². The van der Waals surface area contributed by atoms with Gasteiger partial charge in [0.25, 0.3) is 0 Å². The Morgan fingerprint density at radius 1 is 1.35 bits per heavy atom. The molecule has 0 amide bonds. The van der Waals surface area contributed by atoms with E-state index in [1.165, 1.54) is 18.4 Å². The molecule has 0 bridgehead atoms. The van der Waals surface area contributed by atoms with Gasteiger partial charge in [-0.3, -0.25) is 4.90 Å². The number of nitrogens with zero attached hydrogens (tertiary/aromatic N) is 2. The number of rotatable bonds is 5. The van der Waals surface area contributed by atoms with Gasteiger partial charge in [0.2, 0.25) is 0 Å². The van der Waals surface area contributed by atoms with Gasteiger partial charge in [0.15, 0.2) is 5.84 Å². The van der Waals surface area contributed by atoms with Gasteiger partial charge in [0.1, 0.15) is 0 Å². The van der Waals surface area contributed by atoms with Gasteiger partial charge in [0, 0.05) is 25.8 Å². The number of piperidine rings is 1. The Balaban J connectivity index is 1.85. The molecule has 110 valence electrons.